The summed E-state index contributed by atoms with van der Waals surface area (Å²) >= 11 is 1.76. The van der Waals surface area contributed by atoms with Crippen molar-refractivity contribution < 1.29 is 4.42 Å². The molecule has 3 aromatic heterocycles. The van der Waals surface area contributed by atoms with Crippen molar-refractivity contribution in [3.8, 4) is 33.8 Å². The number of thiophene rings is 1. The molecule has 0 aliphatic carbocycles. The highest BCUT2D eigenvalue weighted by Crippen LogP contribution is 2.43. The van der Waals surface area contributed by atoms with E-state index < -0.39 is 0 Å². The van der Waals surface area contributed by atoms with E-state index in [9.17, 15) is 0 Å². The number of nitrogens with zero attached hydrogens (tertiary/aromatic N) is 2. The van der Waals surface area contributed by atoms with E-state index in [1.165, 1.54) is 31.8 Å². The monoisotopic (exact) mass is 604 g/mol. The first-order valence-corrected chi connectivity index (χ1v) is 16.2. The molecule has 3 heterocycles. The smallest absolute Gasteiger partial charge is 0.161 e. The summed E-state index contributed by atoms with van der Waals surface area (Å²) in [5.74, 6) is 0.700. The molecular weight excluding hydrogens is 581 g/mol. The summed E-state index contributed by atoms with van der Waals surface area (Å²) in [4.78, 5) is 10.7. The van der Waals surface area contributed by atoms with Crippen molar-refractivity contribution in [2.75, 3.05) is 0 Å². The molecule has 0 fully saturated rings. The topological polar surface area (TPSA) is 38.9 Å². The molecule has 4 heteroatoms. The fourth-order valence-electron chi connectivity index (χ4n) is 6.89. The van der Waals surface area contributed by atoms with Gasteiger partial charge in [0.1, 0.15) is 11.2 Å². The first-order chi connectivity index (χ1) is 22.8. The van der Waals surface area contributed by atoms with E-state index in [0.29, 0.717) is 5.82 Å². The fourth-order valence-corrected chi connectivity index (χ4v) is 8.03. The average Bonchev–Trinajstić information content (AvgIpc) is 3.69. The van der Waals surface area contributed by atoms with Crippen LogP contribution in [0, 0.1) is 0 Å². The van der Waals surface area contributed by atoms with Crippen LogP contribution in [0.2, 0.25) is 0 Å². The first kappa shape index (κ1) is 25.5. The second-order valence-corrected chi connectivity index (χ2v) is 12.8. The third kappa shape index (κ3) is 3.84. The van der Waals surface area contributed by atoms with Crippen LogP contribution in [-0.2, 0) is 0 Å². The molecule has 10 aromatic rings. The summed E-state index contributed by atoms with van der Waals surface area (Å²) in [6.07, 6.45) is 0. The third-order valence-corrected chi connectivity index (χ3v) is 10.3. The van der Waals surface area contributed by atoms with Crippen LogP contribution in [0.15, 0.2) is 150 Å². The molecule has 0 saturated carbocycles. The molecule has 0 aliphatic rings. The quantitative estimate of drug-likeness (QED) is 0.201. The van der Waals surface area contributed by atoms with Crippen LogP contribution >= 0.6 is 11.3 Å². The van der Waals surface area contributed by atoms with Crippen molar-refractivity contribution in [3.05, 3.63) is 146 Å². The third-order valence-electron chi connectivity index (χ3n) is 9.09. The van der Waals surface area contributed by atoms with E-state index in [2.05, 4.69) is 133 Å². The Kier molecular flexibility index (Phi) is 5.45. The molecule has 3 nitrogen and oxygen atoms in total. The van der Waals surface area contributed by atoms with E-state index in [1.54, 1.807) is 11.3 Å². The molecule has 0 radical (unpaired) electrons. The Balaban J connectivity index is 1.22. The van der Waals surface area contributed by atoms with Gasteiger partial charge in [-0.3, -0.25) is 0 Å². The van der Waals surface area contributed by atoms with Crippen LogP contribution in [0.1, 0.15) is 0 Å². The van der Waals surface area contributed by atoms with Gasteiger partial charge in [-0.15, -0.1) is 11.3 Å². The summed E-state index contributed by atoms with van der Waals surface area (Å²) in [5.41, 5.74) is 7.99. The predicted octanol–water partition coefficient (Wildman–Crippen LogP) is 12.1. The Hall–Kier alpha value is -5.84. The van der Waals surface area contributed by atoms with Crippen molar-refractivity contribution in [2.45, 2.75) is 0 Å². The molecule has 0 atom stereocenters. The van der Waals surface area contributed by atoms with Crippen LogP contribution in [0.4, 0.5) is 0 Å². The lowest BCUT2D eigenvalue weighted by Crippen LogP contribution is -1.94. The number of benzene rings is 7. The zero-order valence-corrected chi connectivity index (χ0v) is 25.4. The van der Waals surface area contributed by atoms with E-state index in [0.717, 1.165) is 59.9 Å². The molecule has 0 N–H and O–H groups in total. The van der Waals surface area contributed by atoms with Gasteiger partial charge in [0.15, 0.2) is 5.82 Å². The lowest BCUT2D eigenvalue weighted by atomic mass is 9.99. The minimum absolute atomic E-state index is 0.700. The molecular formula is C42H24N2OS. The van der Waals surface area contributed by atoms with Crippen LogP contribution in [0.25, 0.3) is 97.6 Å². The van der Waals surface area contributed by atoms with E-state index >= 15 is 0 Å². The molecule has 0 amide bonds. The summed E-state index contributed by atoms with van der Waals surface area (Å²) in [5, 5.41) is 8.07. The lowest BCUT2D eigenvalue weighted by Gasteiger charge is -2.10. The van der Waals surface area contributed by atoms with Crippen LogP contribution in [-0.4, -0.2) is 9.97 Å². The highest BCUT2D eigenvalue weighted by molar-refractivity contribution is 7.26. The summed E-state index contributed by atoms with van der Waals surface area (Å²) in [6, 6.07) is 51.3. The second-order valence-electron chi connectivity index (χ2n) is 11.8. The highest BCUT2D eigenvalue weighted by Gasteiger charge is 2.21. The summed E-state index contributed by atoms with van der Waals surface area (Å²) in [7, 11) is 0. The maximum atomic E-state index is 6.53. The normalized spacial score (nSPS) is 11.9. The maximum Gasteiger partial charge on any atom is 0.161 e. The number of fused-ring (bicyclic) bond motifs is 8. The number of hydrogen-bond donors (Lipinski definition) is 0. The molecule has 0 unspecified atom stereocenters. The van der Waals surface area contributed by atoms with Gasteiger partial charge in [0.05, 0.1) is 15.9 Å². The molecule has 0 spiro atoms. The molecule has 0 aliphatic heterocycles. The SMILES string of the molecule is c1ccc2cc(-c3ccc4c(c3)oc3cccc(-c5nc(-c6cccc7ccccc67)c6sc7ccccc7c6n5)c34)ccc2c1. The summed E-state index contributed by atoms with van der Waals surface area (Å²) in [6.45, 7) is 0. The number of rotatable bonds is 3. The second kappa shape index (κ2) is 9.83. The Morgan fingerprint density at radius 1 is 0.478 bits per heavy atom. The first-order valence-electron chi connectivity index (χ1n) is 15.4. The van der Waals surface area contributed by atoms with Crippen molar-refractivity contribution in [3.63, 3.8) is 0 Å². The highest BCUT2D eigenvalue weighted by atomic mass is 32.1. The Labute approximate surface area is 268 Å². The van der Waals surface area contributed by atoms with Crippen molar-refractivity contribution >= 4 is 75.1 Å². The number of hydrogen-bond acceptors (Lipinski definition) is 4. The zero-order valence-electron chi connectivity index (χ0n) is 24.6. The van der Waals surface area contributed by atoms with Crippen LogP contribution < -0.4 is 0 Å². The lowest BCUT2D eigenvalue weighted by molar-refractivity contribution is 0.669. The van der Waals surface area contributed by atoms with Gasteiger partial charge in [-0.1, -0.05) is 115 Å². The number of furan rings is 1. The van der Waals surface area contributed by atoms with Gasteiger partial charge < -0.3 is 4.42 Å². The minimum Gasteiger partial charge on any atom is -0.456 e. The maximum absolute atomic E-state index is 6.53. The average molecular weight is 605 g/mol. The standard InChI is InChI=1S/C42H24N2OS/c1-2-11-27-23-28(20-19-25(27)9-1)29-21-22-32-36(24-29)45-35-17-8-16-34(38(32)35)42-43-39(31-15-7-12-26-10-3-4-13-30(26)31)41-40(44-42)33-14-5-6-18-37(33)46-41/h1-24H. The van der Waals surface area contributed by atoms with E-state index in [4.69, 9.17) is 14.4 Å². The molecule has 0 saturated heterocycles. The van der Waals surface area contributed by atoms with Gasteiger partial charge in [0.25, 0.3) is 0 Å². The molecule has 7 aromatic carbocycles. The van der Waals surface area contributed by atoms with Crippen molar-refractivity contribution in [1.82, 2.24) is 9.97 Å². The number of aromatic nitrogens is 2. The van der Waals surface area contributed by atoms with Gasteiger partial charge in [-0.25, -0.2) is 9.97 Å². The van der Waals surface area contributed by atoms with Crippen molar-refractivity contribution in [1.29, 1.82) is 0 Å². The van der Waals surface area contributed by atoms with Gasteiger partial charge in [-0.05, 0) is 63.0 Å². The fraction of sp³-hybridized carbons (Fsp3) is 0. The summed E-state index contributed by atoms with van der Waals surface area (Å²) < 4.78 is 8.84. The molecule has 10 rings (SSSR count). The Bertz CT molecular complexity index is 2820. The Morgan fingerprint density at radius 2 is 1.20 bits per heavy atom. The van der Waals surface area contributed by atoms with Crippen LogP contribution in [0.5, 0.6) is 0 Å². The molecule has 46 heavy (non-hydrogen) atoms. The van der Waals surface area contributed by atoms with Gasteiger partial charge in [0, 0.05) is 32.0 Å². The largest absolute Gasteiger partial charge is 0.456 e. The minimum atomic E-state index is 0.700. The van der Waals surface area contributed by atoms with Gasteiger partial charge >= 0.3 is 0 Å². The van der Waals surface area contributed by atoms with Gasteiger partial charge in [0.2, 0.25) is 0 Å². The zero-order chi connectivity index (χ0) is 30.2. The van der Waals surface area contributed by atoms with Crippen molar-refractivity contribution in [2.24, 2.45) is 0 Å². The molecule has 0 bridgehead atoms. The van der Waals surface area contributed by atoms with Gasteiger partial charge in [-0.2, -0.15) is 0 Å². The predicted molar refractivity (Wildman–Crippen MR) is 194 cm³/mol. The Morgan fingerprint density at radius 3 is 2.13 bits per heavy atom. The van der Waals surface area contributed by atoms with E-state index in [1.807, 2.05) is 12.1 Å². The van der Waals surface area contributed by atoms with Crippen LogP contribution in [0.3, 0.4) is 0 Å². The van der Waals surface area contributed by atoms with E-state index in [-0.39, 0.29) is 0 Å². The molecule has 214 valence electrons.